The minimum Gasteiger partial charge on any atom is -0.348 e. The molecule has 1 unspecified atom stereocenters. The second-order valence-corrected chi connectivity index (χ2v) is 9.02. The summed E-state index contributed by atoms with van der Waals surface area (Å²) in [5.74, 6) is -1.56. The van der Waals surface area contributed by atoms with Gasteiger partial charge in [0, 0.05) is 17.7 Å². The standard InChI is InChI=1S/C19H22ClIN4O6/c1-19(2)29-8-11(31-19)9-30-23-16(26)14-15(24(3)18(28)25(4)17(14)27)22-13-6-5-10(21)7-12(13)20/h5-7,11,22H,8-9H2,1-4H3,(H,23,26). The van der Waals surface area contributed by atoms with Crippen LogP contribution in [0.3, 0.4) is 0 Å². The van der Waals surface area contributed by atoms with Crippen molar-refractivity contribution in [1.82, 2.24) is 14.6 Å². The maximum absolute atomic E-state index is 12.8. The first-order valence-electron chi connectivity index (χ1n) is 9.26. The van der Waals surface area contributed by atoms with Gasteiger partial charge in [-0.25, -0.2) is 10.3 Å². The Morgan fingerprint density at radius 3 is 2.65 bits per heavy atom. The molecule has 0 aliphatic carbocycles. The van der Waals surface area contributed by atoms with Crippen LogP contribution in [0.5, 0.6) is 0 Å². The monoisotopic (exact) mass is 564 g/mol. The first-order valence-corrected chi connectivity index (χ1v) is 10.7. The number of carbonyl (C=O) groups excluding carboxylic acids is 1. The van der Waals surface area contributed by atoms with Gasteiger partial charge >= 0.3 is 5.69 Å². The lowest BCUT2D eigenvalue weighted by Gasteiger charge is -2.18. The first-order chi connectivity index (χ1) is 14.5. The van der Waals surface area contributed by atoms with Crippen LogP contribution in [0, 0.1) is 3.57 Å². The molecule has 1 aromatic heterocycles. The second kappa shape index (κ2) is 9.28. The smallest absolute Gasteiger partial charge is 0.332 e. The maximum Gasteiger partial charge on any atom is 0.332 e. The summed E-state index contributed by atoms with van der Waals surface area (Å²) in [4.78, 5) is 43.2. The fourth-order valence-corrected chi connectivity index (χ4v) is 3.91. The van der Waals surface area contributed by atoms with E-state index >= 15 is 0 Å². The van der Waals surface area contributed by atoms with Gasteiger partial charge < -0.3 is 14.8 Å². The summed E-state index contributed by atoms with van der Waals surface area (Å²) in [7, 11) is 2.73. The highest BCUT2D eigenvalue weighted by Gasteiger charge is 2.33. The Balaban J connectivity index is 1.87. The number of hydroxylamine groups is 1. The molecular weight excluding hydrogens is 543 g/mol. The van der Waals surface area contributed by atoms with Crippen molar-refractivity contribution < 1.29 is 19.1 Å². The largest absolute Gasteiger partial charge is 0.348 e. The van der Waals surface area contributed by atoms with E-state index in [9.17, 15) is 14.4 Å². The average molecular weight is 565 g/mol. The van der Waals surface area contributed by atoms with Gasteiger partial charge in [0.2, 0.25) is 0 Å². The van der Waals surface area contributed by atoms with Gasteiger partial charge in [-0.15, -0.1) is 0 Å². The molecule has 1 atom stereocenters. The normalized spacial score (nSPS) is 17.5. The van der Waals surface area contributed by atoms with E-state index in [4.69, 9.17) is 25.9 Å². The van der Waals surface area contributed by atoms with E-state index in [1.54, 1.807) is 32.0 Å². The quantitative estimate of drug-likeness (QED) is 0.407. The van der Waals surface area contributed by atoms with Crippen LogP contribution in [0.2, 0.25) is 5.02 Å². The first kappa shape index (κ1) is 23.7. The average Bonchev–Trinajstić information content (AvgIpc) is 3.04. The Morgan fingerprint density at radius 2 is 2.03 bits per heavy atom. The number of halogens is 2. The number of hydrogen-bond donors (Lipinski definition) is 2. The van der Waals surface area contributed by atoms with Crippen LogP contribution >= 0.6 is 34.2 Å². The second-order valence-electron chi connectivity index (χ2n) is 7.37. The zero-order valence-corrected chi connectivity index (χ0v) is 20.2. The lowest BCUT2D eigenvalue weighted by molar-refractivity contribution is -0.147. The number of anilines is 2. The van der Waals surface area contributed by atoms with Gasteiger partial charge in [0.1, 0.15) is 24.1 Å². The number of ether oxygens (including phenoxy) is 2. The van der Waals surface area contributed by atoms with Crippen molar-refractivity contribution in [3.8, 4) is 0 Å². The molecule has 1 aliphatic heterocycles. The summed E-state index contributed by atoms with van der Waals surface area (Å²) in [6, 6.07) is 5.18. The molecule has 1 aliphatic rings. The van der Waals surface area contributed by atoms with Crippen LogP contribution < -0.4 is 22.0 Å². The van der Waals surface area contributed by atoms with E-state index in [1.165, 1.54) is 14.1 Å². The Bertz CT molecular complexity index is 1130. The molecule has 0 spiro atoms. The third-order valence-corrected chi connectivity index (χ3v) is 5.56. The molecule has 2 aromatic rings. The Kier molecular flexibility index (Phi) is 7.11. The van der Waals surface area contributed by atoms with Crippen LogP contribution in [0.1, 0.15) is 24.2 Å². The minimum absolute atomic E-state index is 0.0149. The van der Waals surface area contributed by atoms with Crippen molar-refractivity contribution in [2.75, 3.05) is 18.5 Å². The number of carbonyl (C=O) groups is 1. The van der Waals surface area contributed by atoms with Crippen LogP contribution in [0.4, 0.5) is 11.5 Å². The summed E-state index contributed by atoms with van der Waals surface area (Å²) in [5, 5.41) is 3.29. The molecule has 1 fully saturated rings. The zero-order valence-electron chi connectivity index (χ0n) is 17.3. The van der Waals surface area contributed by atoms with Crippen LogP contribution in [0.15, 0.2) is 27.8 Å². The predicted octanol–water partition coefficient (Wildman–Crippen LogP) is 1.90. The lowest BCUT2D eigenvalue weighted by atomic mass is 10.2. The van der Waals surface area contributed by atoms with Crippen LogP contribution in [0.25, 0.3) is 0 Å². The van der Waals surface area contributed by atoms with Crippen molar-refractivity contribution in [1.29, 1.82) is 0 Å². The predicted molar refractivity (Wildman–Crippen MR) is 123 cm³/mol. The van der Waals surface area contributed by atoms with Crippen molar-refractivity contribution in [3.63, 3.8) is 0 Å². The van der Waals surface area contributed by atoms with Gasteiger partial charge in [-0.2, -0.15) is 0 Å². The third kappa shape index (κ3) is 5.29. The molecule has 0 radical (unpaired) electrons. The topological polar surface area (TPSA) is 113 Å². The van der Waals surface area contributed by atoms with E-state index in [-0.39, 0.29) is 24.1 Å². The third-order valence-electron chi connectivity index (χ3n) is 4.58. The number of benzene rings is 1. The number of amides is 1. The highest BCUT2D eigenvalue weighted by molar-refractivity contribution is 14.1. The molecule has 0 bridgehead atoms. The van der Waals surface area contributed by atoms with Crippen LogP contribution in [-0.2, 0) is 28.4 Å². The Labute approximate surface area is 196 Å². The maximum atomic E-state index is 12.8. The molecule has 0 saturated carbocycles. The lowest BCUT2D eigenvalue weighted by Crippen LogP contribution is -2.44. The summed E-state index contributed by atoms with van der Waals surface area (Å²) in [6.07, 6.45) is -0.374. The molecule has 12 heteroatoms. The SMILES string of the molecule is Cn1c(Nc2ccc(I)cc2Cl)c(C(=O)NOCC2COC(C)(C)O2)c(=O)n(C)c1=O. The Hall–Kier alpha value is -1.93. The fraction of sp³-hybridized carbons (Fsp3) is 0.421. The molecule has 168 valence electrons. The van der Waals surface area contributed by atoms with Crippen molar-refractivity contribution >= 4 is 51.6 Å². The molecule has 10 nitrogen and oxygen atoms in total. The molecule has 2 heterocycles. The summed E-state index contributed by atoms with van der Waals surface area (Å²) < 4.78 is 13.9. The fourth-order valence-electron chi connectivity index (χ4n) is 3.01. The van der Waals surface area contributed by atoms with E-state index < -0.39 is 22.9 Å². The Morgan fingerprint density at radius 1 is 1.32 bits per heavy atom. The summed E-state index contributed by atoms with van der Waals surface area (Å²) in [6.45, 7) is 3.87. The van der Waals surface area contributed by atoms with Gasteiger partial charge in [-0.1, -0.05) is 11.6 Å². The van der Waals surface area contributed by atoms with E-state index in [0.717, 1.165) is 12.7 Å². The van der Waals surface area contributed by atoms with E-state index in [1.807, 2.05) is 0 Å². The molecule has 1 aromatic carbocycles. The van der Waals surface area contributed by atoms with Crippen molar-refractivity contribution in [3.05, 3.63) is 53.2 Å². The number of nitrogens with one attached hydrogen (secondary N) is 2. The van der Waals surface area contributed by atoms with Gasteiger partial charge in [0.25, 0.3) is 11.5 Å². The summed E-state index contributed by atoms with van der Waals surface area (Å²) >= 11 is 8.37. The molecule has 31 heavy (non-hydrogen) atoms. The zero-order chi connectivity index (χ0) is 22.9. The van der Waals surface area contributed by atoms with E-state index in [2.05, 4.69) is 33.4 Å². The van der Waals surface area contributed by atoms with Gasteiger partial charge in [0.15, 0.2) is 5.79 Å². The molecule has 2 N–H and O–H groups in total. The summed E-state index contributed by atoms with van der Waals surface area (Å²) in [5.41, 5.74) is 0.979. The van der Waals surface area contributed by atoms with Gasteiger partial charge in [-0.3, -0.25) is 23.6 Å². The number of hydrogen-bond acceptors (Lipinski definition) is 7. The van der Waals surface area contributed by atoms with Gasteiger partial charge in [0.05, 0.1) is 17.3 Å². The number of rotatable bonds is 6. The molecule has 1 amide bonds. The van der Waals surface area contributed by atoms with Crippen molar-refractivity contribution in [2.45, 2.75) is 25.7 Å². The van der Waals surface area contributed by atoms with E-state index in [0.29, 0.717) is 17.3 Å². The minimum atomic E-state index is -0.821. The van der Waals surface area contributed by atoms with Crippen molar-refractivity contribution in [2.24, 2.45) is 14.1 Å². The highest BCUT2D eigenvalue weighted by Crippen LogP contribution is 2.27. The van der Waals surface area contributed by atoms with Gasteiger partial charge in [-0.05, 0) is 54.6 Å². The number of nitrogens with zero attached hydrogens (tertiary/aromatic N) is 2. The molecular formula is C19H22ClIN4O6. The highest BCUT2D eigenvalue weighted by atomic mass is 127. The van der Waals surface area contributed by atoms with Crippen LogP contribution in [-0.4, -0.2) is 40.1 Å². The number of aromatic nitrogens is 2. The molecule has 1 saturated heterocycles. The molecule has 3 rings (SSSR count).